The molecule has 0 aromatic carbocycles. The smallest absolute Gasteiger partial charge is 0.0899 e. The number of hydrogen-bond donors (Lipinski definition) is 1. The van der Waals surface area contributed by atoms with Gasteiger partial charge in [0.2, 0.25) is 0 Å². The summed E-state index contributed by atoms with van der Waals surface area (Å²) in [5, 5.41) is 10.8. The van der Waals surface area contributed by atoms with Gasteiger partial charge in [-0.15, -0.1) is 0 Å². The highest BCUT2D eigenvalue weighted by Crippen LogP contribution is 2.36. The summed E-state index contributed by atoms with van der Waals surface area (Å²) in [4.78, 5) is 2.36. The average molecular weight is 220 g/mol. The fourth-order valence-electron chi connectivity index (χ4n) is 2.30. The van der Waals surface area contributed by atoms with Gasteiger partial charge in [-0.1, -0.05) is 15.9 Å². The van der Waals surface area contributed by atoms with E-state index in [1.807, 2.05) is 0 Å². The van der Waals surface area contributed by atoms with Crippen LogP contribution in [0.3, 0.4) is 0 Å². The lowest BCUT2D eigenvalue weighted by molar-refractivity contribution is -0.0941. The lowest BCUT2D eigenvalue weighted by Gasteiger charge is -2.49. The van der Waals surface area contributed by atoms with Crippen LogP contribution in [0.25, 0.3) is 0 Å². The minimum Gasteiger partial charge on any atom is -0.387 e. The first-order valence-corrected chi connectivity index (χ1v) is 5.37. The molecule has 3 aliphatic rings. The van der Waals surface area contributed by atoms with E-state index in [1.54, 1.807) is 0 Å². The first-order chi connectivity index (χ1) is 5.24. The van der Waals surface area contributed by atoms with E-state index in [4.69, 9.17) is 0 Å². The highest BCUT2D eigenvalue weighted by molar-refractivity contribution is 9.09. The van der Waals surface area contributed by atoms with Gasteiger partial charge in [-0.25, -0.2) is 0 Å². The molecule has 0 amide bonds. The predicted molar refractivity (Wildman–Crippen MR) is 47.9 cm³/mol. The van der Waals surface area contributed by atoms with Gasteiger partial charge < -0.3 is 10.0 Å². The van der Waals surface area contributed by atoms with Gasteiger partial charge in [-0.05, 0) is 31.8 Å². The maximum Gasteiger partial charge on any atom is 0.0899 e. The second kappa shape index (κ2) is 2.71. The zero-order valence-electron chi connectivity index (χ0n) is 6.59. The zero-order chi connectivity index (χ0) is 7.90. The van der Waals surface area contributed by atoms with Crippen molar-refractivity contribution in [2.24, 2.45) is 5.92 Å². The van der Waals surface area contributed by atoms with Crippen molar-refractivity contribution in [1.82, 2.24) is 4.90 Å². The van der Waals surface area contributed by atoms with E-state index >= 15 is 0 Å². The molecular formula is C8H14BrNO. The van der Waals surface area contributed by atoms with Crippen LogP contribution in [0.1, 0.15) is 12.8 Å². The second-order valence-electron chi connectivity index (χ2n) is 3.79. The number of halogens is 1. The minimum absolute atomic E-state index is 0.420. The van der Waals surface area contributed by atoms with E-state index in [9.17, 15) is 5.11 Å². The lowest BCUT2D eigenvalue weighted by Crippen LogP contribution is -2.60. The number of nitrogens with zero attached hydrogens (tertiary/aromatic N) is 1. The monoisotopic (exact) mass is 219 g/mol. The molecule has 3 heteroatoms. The Bertz CT molecular complexity index is 156. The highest BCUT2D eigenvalue weighted by Gasteiger charge is 2.44. The van der Waals surface area contributed by atoms with Gasteiger partial charge in [0, 0.05) is 11.9 Å². The molecule has 1 N–H and O–H groups in total. The van der Waals surface area contributed by atoms with Gasteiger partial charge in [-0.3, -0.25) is 0 Å². The summed E-state index contributed by atoms with van der Waals surface area (Å²) in [6.07, 6.45) is 2.37. The number of aliphatic hydroxyl groups is 1. The first-order valence-electron chi connectivity index (χ1n) is 4.25. The van der Waals surface area contributed by atoms with Crippen molar-refractivity contribution in [3.63, 3.8) is 0 Å². The van der Waals surface area contributed by atoms with Crippen LogP contribution in [0, 0.1) is 5.92 Å². The summed E-state index contributed by atoms with van der Waals surface area (Å²) in [5.74, 6) is 0.548. The van der Waals surface area contributed by atoms with Crippen molar-refractivity contribution in [2.75, 3.05) is 25.0 Å². The lowest BCUT2D eigenvalue weighted by atomic mass is 9.77. The number of alkyl halides is 1. The summed E-state index contributed by atoms with van der Waals surface area (Å²) in [7, 11) is 0. The Balaban J connectivity index is 2.13. The Morgan fingerprint density at radius 2 is 2.09 bits per heavy atom. The fourth-order valence-corrected chi connectivity index (χ4v) is 2.93. The Kier molecular flexibility index (Phi) is 1.98. The largest absolute Gasteiger partial charge is 0.387 e. The van der Waals surface area contributed by atoms with Crippen LogP contribution in [-0.2, 0) is 0 Å². The van der Waals surface area contributed by atoms with E-state index in [1.165, 1.54) is 25.9 Å². The number of piperidine rings is 3. The molecule has 0 saturated carbocycles. The van der Waals surface area contributed by atoms with Crippen LogP contribution < -0.4 is 0 Å². The molecule has 64 valence electrons. The molecule has 2 nitrogen and oxygen atoms in total. The van der Waals surface area contributed by atoms with Crippen molar-refractivity contribution >= 4 is 15.9 Å². The molecule has 0 aromatic rings. The van der Waals surface area contributed by atoms with Crippen molar-refractivity contribution < 1.29 is 5.11 Å². The molecule has 0 radical (unpaired) electrons. The molecule has 0 spiro atoms. The quantitative estimate of drug-likeness (QED) is 0.662. The second-order valence-corrected chi connectivity index (χ2v) is 4.35. The third-order valence-electron chi connectivity index (χ3n) is 3.08. The van der Waals surface area contributed by atoms with E-state index in [-0.39, 0.29) is 0 Å². The van der Waals surface area contributed by atoms with E-state index < -0.39 is 5.60 Å². The van der Waals surface area contributed by atoms with E-state index in [2.05, 4.69) is 20.8 Å². The standard InChI is InChI=1S/C8H14BrNO/c9-5-8(11)6-10-3-1-7(8)2-4-10/h7,11H,1-6H2. The number of fused-ring (bicyclic) bond motifs is 3. The summed E-state index contributed by atoms with van der Waals surface area (Å²) in [5.41, 5.74) is -0.420. The topological polar surface area (TPSA) is 23.5 Å². The van der Waals surface area contributed by atoms with Gasteiger partial charge in [0.05, 0.1) is 5.60 Å². The minimum atomic E-state index is -0.420. The van der Waals surface area contributed by atoms with Crippen LogP contribution in [-0.4, -0.2) is 40.6 Å². The maximum atomic E-state index is 10.1. The molecule has 0 aromatic heterocycles. The normalized spacial score (nSPS) is 49.6. The Labute approximate surface area is 75.7 Å². The molecule has 1 unspecified atom stereocenters. The molecule has 2 bridgehead atoms. The van der Waals surface area contributed by atoms with Crippen molar-refractivity contribution in [3.05, 3.63) is 0 Å². The summed E-state index contributed by atoms with van der Waals surface area (Å²) < 4.78 is 0. The molecule has 11 heavy (non-hydrogen) atoms. The Morgan fingerprint density at radius 3 is 2.36 bits per heavy atom. The molecule has 3 saturated heterocycles. The maximum absolute atomic E-state index is 10.1. The van der Waals surface area contributed by atoms with Crippen molar-refractivity contribution in [2.45, 2.75) is 18.4 Å². The SMILES string of the molecule is OC1(CBr)CN2CCC1CC2. The van der Waals surface area contributed by atoms with Crippen LogP contribution in [0.4, 0.5) is 0 Å². The van der Waals surface area contributed by atoms with Gasteiger partial charge in [0.25, 0.3) is 0 Å². The number of hydrogen-bond acceptors (Lipinski definition) is 2. The average Bonchev–Trinajstić information content (AvgIpc) is 2.06. The molecule has 1 atom stereocenters. The molecule has 3 fully saturated rings. The van der Waals surface area contributed by atoms with Crippen LogP contribution >= 0.6 is 15.9 Å². The van der Waals surface area contributed by atoms with Crippen molar-refractivity contribution in [1.29, 1.82) is 0 Å². The van der Waals surface area contributed by atoms with Crippen LogP contribution in [0.2, 0.25) is 0 Å². The Morgan fingerprint density at radius 1 is 1.45 bits per heavy atom. The van der Waals surface area contributed by atoms with Crippen molar-refractivity contribution in [3.8, 4) is 0 Å². The molecular weight excluding hydrogens is 206 g/mol. The zero-order valence-corrected chi connectivity index (χ0v) is 8.18. The summed E-state index contributed by atoms with van der Waals surface area (Å²) in [6, 6.07) is 0. The van der Waals surface area contributed by atoms with Gasteiger partial charge in [-0.2, -0.15) is 0 Å². The van der Waals surface area contributed by atoms with Gasteiger partial charge in [0.1, 0.15) is 0 Å². The van der Waals surface area contributed by atoms with Gasteiger partial charge >= 0.3 is 0 Å². The third-order valence-corrected chi connectivity index (χ3v) is 4.05. The molecule has 3 rings (SSSR count). The predicted octanol–water partition coefficient (Wildman–Crippen LogP) is 0.838. The van der Waals surface area contributed by atoms with Crippen LogP contribution in [0.15, 0.2) is 0 Å². The van der Waals surface area contributed by atoms with Gasteiger partial charge in [0.15, 0.2) is 0 Å². The summed E-state index contributed by atoms with van der Waals surface area (Å²) >= 11 is 3.39. The highest BCUT2D eigenvalue weighted by atomic mass is 79.9. The molecule has 0 aliphatic carbocycles. The van der Waals surface area contributed by atoms with E-state index in [0.29, 0.717) is 5.92 Å². The number of rotatable bonds is 1. The Hall–Kier alpha value is 0.400. The first kappa shape index (κ1) is 8.02. The fraction of sp³-hybridized carbons (Fsp3) is 1.00. The molecule has 3 aliphatic heterocycles. The van der Waals surface area contributed by atoms with E-state index in [0.717, 1.165) is 11.9 Å². The third kappa shape index (κ3) is 1.23. The molecule has 3 heterocycles. The summed E-state index contributed by atoms with van der Waals surface area (Å²) in [6.45, 7) is 3.27. The van der Waals surface area contributed by atoms with Crippen LogP contribution in [0.5, 0.6) is 0 Å².